The number of carbonyl (C=O) groups excluding carboxylic acids is 2. The number of hydrogen-bond donors (Lipinski definition) is 2. The number of hydrogen-bond acceptors (Lipinski definition) is 11. The fourth-order valence-corrected chi connectivity index (χ4v) is 6.28. The van der Waals surface area contributed by atoms with E-state index in [1.165, 1.54) is 0 Å². The van der Waals surface area contributed by atoms with Crippen molar-refractivity contribution in [2.75, 3.05) is 58.4 Å². The van der Waals surface area contributed by atoms with Crippen molar-refractivity contribution in [1.82, 2.24) is 39.6 Å². The summed E-state index contributed by atoms with van der Waals surface area (Å²) < 4.78 is 20.2. The number of pyridine rings is 1. The van der Waals surface area contributed by atoms with Gasteiger partial charge in [-0.15, -0.1) is 0 Å². The number of rotatable bonds is 10. The van der Waals surface area contributed by atoms with Crippen molar-refractivity contribution in [2.45, 2.75) is 26.2 Å². The first kappa shape index (κ1) is 30.4. The molecule has 2 aliphatic heterocycles. The molecule has 1 amide bonds. The Morgan fingerprint density at radius 1 is 1.15 bits per heavy atom. The maximum atomic E-state index is 13.7. The fourth-order valence-electron chi connectivity index (χ4n) is 6.28. The van der Waals surface area contributed by atoms with Crippen LogP contribution in [0.5, 0.6) is 11.5 Å². The van der Waals surface area contributed by atoms with E-state index in [-0.39, 0.29) is 17.6 Å². The summed E-state index contributed by atoms with van der Waals surface area (Å²) in [6.07, 6.45) is 9.27. The minimum Gasteiger partial charge on any atom is -0.494 e. The van der Waals surface area contributed by atoms with Crippen molar-refractivity contribution in [3.8, 4) is 28.4 Å². The minimum absolute atomic E-state index is 0.126. The average molecular weight is 640 g/mol. The first-order valence-corrected chi connectivity index (χ1v) is 15.9. The number of piperidine rings is 1. The highest BCUT2D eigenvalue weighted by Crippen LogP contribution is 2.38. The van der Waals surface area contributed by atoms with Gasteiger partial charge in [0.15, 0.2) is 11.3 Å². The van der Waals surface area contributed by atoms with Crippen LogP contribution in [0.25, 0.3) is 33.5 Å². The predicted octanol–water partition coefficient (Wildman–Crippen LogP) is 3.34. The van der Waals surface area contributed by atoms with E-state index < -0.39 is 0 Å². The molecule has 1 aromatic carbocycles. The van der Waals surface area contributed by atoms with Crippen LogP contribution in [0.4, 0.5) is 5.69 Å². The summed E-state index contributed by atoms with van der Waals surface area (Å²) in [5, 5.41) is 16.2. The number of anilines is 1. The molecule has 0 atom stereocenters. The van der Waals surface area contributed by atoms with Gasteiger partial charge in [-0.1, -0.05) is 0 Å². The van der Waals surface area contributed by atoms with Crippen molar-refractivity contribution in [3.05, 3.63) is 54.7 Å². The topological polar surface area (TPSA) is 150 Å². The Morgan fingerprint density at radius 2 is 2.02 bits per heavy atom. The van der Waals surface area contributed by atoms with Gasteiger partial charge in [-0.05, 0) is 50.9 Å². The van der Waals surface area contributed by atoms with Gasteiger partial charge in [0.2, 0.25) is 0 Å². The van der Waals surface area contributed by atoms with Gasteiger partial charge in [0.1, 0.15) is 23.8 Å². The number of benzene rings is 1. The number of methoxy groups -OCH3 is 1. The zero-order valence-corrected chi connectivity index (χ0v) is 26.4. The Bertz CT molecular complexity index is 1930. The summed E-state index contributed by atoms with van der Waals surface area (Å²) >= 11 is 0. The van der Waals surface area contributed by atoms with Crippen LogP contribution in [0.3, 0.4) is 0 Å². The summed E-state index contributed by atoms with van der Waals surface area (Å²) in [5.74, 6) is 1.16. The van der Waals surface area contributed by atoms with Gasteiger partial charge in [0.25, 0.3) is 5.91 Å². The molecule has 244 valence electrons. The third kappa shape index (κ3) is 6.15. The van der Waals surface area contributed by atoms with E-state index >= 15 is 0 Å². The summed E-state index contributed by atoms with van der Waals surface area (Å²) in [6.45, 7) is 6.36. The molecule has 4 aromatic heterocycles. The van der Waals surface area contributed by atoms with Crippen molar-refractivity contribution in [1.29, 1.82) is 0 Å². The van der Waals surface area contributed by atoms with E-state index in [1.54, 1.807) is 34.9 Å². The number of amides is 1. The Balaban J connectivity index is 1.16. The number of nitrogens with zero attached hydrogens (tertiary/aromatic N) is 7. The minimum atomic E-state index is -0.298. The van der Waals surface area contributed by atoms with Gasteiger partial charge in [-0.25, -0.2) is 14.2 Å². The maximum Gasteiger partial charge on any atom is 0.306 e. The summed E-state index contributed by atoms with van der Waals surface area (Å²) in [4.78, 5) is 37.1. The fraction of sp³-hybridized carbons (Fsp3) is 0.394. The average Bonchev–Trinajstić information content (AvgIpc) is 3.70. The third-order valence-electron chi connectivity index (χ3n) is 8.70. The quantitative estimate of drug-likeness (QED) is 0.217. The molecule has 0 unspecified atom stereocenters. The van der Waals surface area contributed by atoms with Gasteiger partial charge in [-0.2, -0.15) is 10.2 Å². The van der Waals surface area contributed by atoms with Crippen LogP contribution in [-0.2, 0) is 9.53 Å². The van der Waals surface area contributed by atoms with Gasteiger partial charge in [-0.3, -0.25) is 14.6 Å². The number of nitrogens with one attached hydrogen (secondary N) is 2. The molecule has 7 rings (SSSR count). The molecule has 14 heteroatoms. The number of carbonyl (C=O) groups is 2. The number of ether oxygens (including phenoxy) is 3. The molecular formula is C33H37N9O5. The molecule has 2 aliphatic rings. The SMILES string of the molecule is CCOC(=O)CC1CCN(CCNC(=O)c2nn(-c3cc4c(cc3OC)NCCO4)c3cc(-c4cnn5cccnc45)ncc23)CC1. The molecule has 2 N–H and O–H groups in total. The molecule has 6 heterocycles. The molecule has 0 aliphatic carbocycles. The lowest BCUT2D eigenvalue weighted by molar-refractivity contribution is -0.144. The molecule has 0 spiro atoms. The second kappa shape index (κ2) is 13.2. The summed E-state index contributed by atoms with van der Waals surface area (Å²) in [6, 6.07) is 7.46. The van der Waals surface area contributed by atoms with Crippen LogP contribution in [0.1, 0.15) is 36.7 Å². The van der Waals surface area contributed by atoms with Crippen molar-refractivity contribution in [2.24, 2.45) is 5.92 Å². The van der Waals surface area contributed by atoms with Gasteiger partial charge >= 0.3 is 5.97 Å². The first-order chi connectivity index (χ1) is 23.0. The summed E-state index contributed by atoms with van der Waals surface area (Å²) in [5.41, 5.74) is 4.43. The highest BCUT2D eigenvalue weighted by molar-refractivity contribution is 6.05. The van der Waals surface area contributed by atoms with Crippen LogP contribution in [-0.4, -0.2) is 99.2 Å². The molecule has 47 heavy (non-hydrogen) atoms. The molecule has 0 bridgehead atoms. The second-order valence-electron chi connectivity index (χ2n) is 11.6. The van der Waals surface area contributed by atoms with E-state index in [1.807, 2.05) is 37.4 Å². The standard InChI is InChI=1S/C33H37N9O5/c1-3-46-30(43)15-21-5-11-40(12-6-21)13-8-36-33(44)31-23-19-37-24(22-20-38-41-10-4-7-35-32(22)41)16-26(23)42(39-31)27-18-28-25(17-29(27)45-2)34-9-14-47-28/h4,7,10,16-21,34H,3,5-6,8-9,11-15H2,1-2H3,(H,36,44). The van der Waals surface area contributed by atoms with Crippen LogP contribution >= 0.6 is 0 Å². The number of fused-ring (bicyclic) bond motifs is 3. The Hall–Kier alpha value is -5.24. The lowest BCUT2D eigenvalue weighted by atomic mass is 9.93. The van der Waals surface area contributed by atoms with E-state index in [2.05, 4.69) is 25.6 Å². The predicted molar refractivity (Wildman–Crippen MR) is 174 cm³/mol. The smallest absolute Gasteiger partial charge is 0.306 e. The largest absolute Gasteiger partial charge is 0.494 e. The highest BCUT2D eigenvalue weighted by Gasteiger charge is 2.25. The lowest BCUT2D eigenvalue weighted by Gasteiger charge is -2.31. The molecule has 0 saturated carbocycles. The molecule has 5 aromatic rings. The van der Waals surface area contributed by atoms with E-state index in [4.69, 9.17) is 24.3 Å². The van der Waals surface area contributed by atoms with Gasteiger partial charge in [0.05, 0.1) is 47.8 Å². The van der Waals surface area contributed by atoms with E-state index in [0.29, 0.717) is 84.6 Å². The Kier molecular flexibility index (Phi) is 8.57. The first-order valence-electron chi connectivity index (χ1n) is 15.9. The second-order valence-corrected chi connectivity index (χ2v) is 11.6. The monoisotopic (exact) mass is 639 g/mol. The van der Waals surface area contributed by atoms with Crippen LogP contribution in [0.15, 0.2) is 49.1 Å². The normalized spacial score (nSPS) is 15.2. The molecular weight excluding hydrogens is 602 g/mol. The zero-order chi connectivity index (χ0) is 32.3. The summed E-state index contributed by atoms with van der Waals surface area (Å²) in [7, 11) is 1.60. The number of likely N-dealkylation sites (tertiary alicyclic amines) is 1. The van der Waals surface area contributed by atoms with Crippen molar-refractivity contribution < 1.29 is 23.8 Å². The molecule has 0 radical (unpaired) electrons. The van der Waals surface area contributed by atoms with E-state index in [9.17, 15) is 9.59 Å². The number of aromatic nitrogens is 6. The molecule has 14 nitrogen and oxygen atoms in total. The van der Waals surface area contributed by atoms with Crippen LogP contribution < -0.4 is 20.1 Å². The van der Waals surface area contributed by atoms with Crippen LogP contribution in [0.2, 0.25) is 0 Å². The van der Waals surface area contributed by atoms with Crippen molar-refractivity contribution >= 4 is 34.1 Å². The lowest BCUT2D eigenvalue weighted by Crippen LogP contribution is -2.40. The Morgan fingerprint density at radius 3 is 2.85 bits per heavy atom. The Labute approximate surface area is 271 Å². The highest BCUT2D eigenvalue weighted by atomic mass is 16.5. The van der Waals surface area contributed by atoms with Crippen LogP contribution in [0, 0.1) is 5.92 Å². The zero-order valence-electron chi connectivity index (χ0n) is 26.4. The van der Waals surface area contributed by atoms with E-state index in [0.717, 1.165) is 37.2 Å². The molecule has 1 saturated heterocycles. The number of esters is 1. The van der Waals surface area contributed by atoms with Gasteiger partial charge < -0.3 is 29.7 Å². The molecule has 1 fully saturated rings. The van der Waals surface area contributed by atoms with Gasteiger partial charge in [0, 0.05) is 56.8 Å². The van der Waals surface area contributed by atoms with Crippen molar-refractivity contribution in [3.63, 3.8) is 0 Å². The maximum absolute atomic E-state index is 13.7. The third-order valence-corrected chi connectivity index (χ3v) is 8.70.